The molecule has 0 aromatic heterocycles. The van der Waals surface area contributed by atoms with Crippen molar-refractivity contribution >= 4 is 11.6 Å². The minimum absolute atomic E-state index is 0.0309. The second kappa shape index (κ2) is 6.95. The maximum Gasteiger partial charge on any atom is 0.249 e. The monoisotopic (exact) mass is 430 g/mol. The van der Waals surface area contributed by atoms with Crippen LogP contribution in [0.5, 0.6) is 0 Å². The predicted molar refractivity (Wildman–Crippen MR) is 120 cm³/mol. The van der Waals surface area contributed by atoms with Crippen molar-refractivity contribution in [2.45, 2.75) is 98.3 Å². The molecule has 5 fully saturated rings. The number of amides is 1. The van der Waals surface area contributed by atoms with Crippen molar-refractivity contribution in [1.82, 2.24) is 5.48 Å². The molecule has 5 nitrogen and oxygen atoms in total. The van der Waals surface area contributed by atoms with E-state index in [4.69, 9.17) is 0 Å². The summed E-state index contributed by atoms with van der Waals surface area (Å²) < 4.78 is 0. The Morgan fingerprint density at radius 3 is 2.19 bits per heavy atom. The van der Waals surface area contributed by atoms with Gasteiger partial charge in [-0.1, -0.05) is 39.3 Å². The van der Waals surface area contributed by atoms with Crippen LogP contribution in [0.25, 0.3) is 0 Å². The largest absolute Gasteiger partial charge is 0.411 e. The Hall–Kier alpha value is -1.10. The molecule has 0 radical (unpaired) electrons. The average Bonchev–Trinajstić information content (AvgIpc) is 3.18. The van der Waals surface area contributed by atoms with Gasteiger partial charge in [0.2, 0.25) is 5.91 Å². The highest BCUT2D eigenvalue weighted by atomic mass is 16.5. The van der Waals surface area contributed by atoms with E-state index in [-0.39, 0.29) is 16.7 Å². The number of oxime groups is 1. The van der Waals surface area contributed by atoms with Gasteiger partial charge in [0.1, 0.15) is 0 Å². The second-order valence-electron chi connectivity index (χ2n) is 12.9. The molecule has 0 aromatic rings. The number of nitrogens with one attached hydrogen (secondary N) is 1. The van der Waals surface area contributed by atoms with Gasteiger partial charge in [0.15, 0.2) is 0 Å². The van der Waals surface area contributed by atoms with Gasteiger partial charge in [-0.15, -0.1) is 0 Å². The van der Waals surface area contributed by atoms with Gasteiger partial charge in [-0.25, -0.2) is 5.48 Å². The second-order valence-corrected chi connectivity index (χ2v) is 12.9. The molecule has 0 spiro atoms. The topological polar surface area (TPSA) is 81.9 Å². The van der Waals surface area contributed by atoms with Crippen molar-refractivity contribution in [3.8, 4) is 0 Å². The van der Waals surface area contributed by atoms with Gasteiger partial charge < -0.3 is 5.21 Å². The summed E-state index contributed by atoms with van der Waals surface area (Å²) in [6.45, 7) is 9.72. The predicted octanol–water partition coefficient (Wildman–Crippen LogP) is 5.79. The number of hydrogen-bond donors (Lipinski definition) is 3. The molecule has 5 saturated carbocycles. The van der Waals surface area contributed by atoms with Crippen LogP contribution in [0.4, 0.5) is 0 Å². The lowest BCUT2D eigenvalue weighted by atomic mass is 9.37. The summed E-state index contributed by atoms with van der Waals surface area (Å²) in [7, 11) is 0. The molecular formula is C26H42N2O3. The number of carbonyl (C=O) groups is 1. The van der Waals surface area contributed by atoms with E-state index >= 15 is 0 Å². The van der Waals surface area contributed by atoms with Crippen molar-refractivity contribution in [3.05, 3.63) is 0 Å². The van der Waals surface area contributed by atoms with Crippen molar-refractivity contribution in [3.63, 3.8) is 0 Å². The molecule has 5 aliphatic rings. The van der Waals surface area contributed by atoms with Gasteiger partial charge in [-0.2, -0.15) is 0 Å². The smallest absolute Gasteiger partial charge is 0.249 e. The molecule has 5 aliphatic carbocycles. The van der Waals surface area contributed by atoms with E-state index in [0.717, 1.165) is 62.5 Å². The van der Waals surface area contributed by atoms with Crippen LogP contribution in [0, 0.1) is 51.2 Å². The molecular weight excluding hydrogens is 388 g/mol. The van der Waals surface area contributed by atoms with E-state index in [1.807, 2.05) is 0 Å². The summed E-state index contributed by atoms with van der Waals surface area (Å²) in [6.07, 6.45) is 12.3. The lowest BCUT2D eigenvalue weighted by Gasteiger charge is -2.67. The van der Waals surface area contributed by atoms with Crippen LogP contribution in [0.3, 0.4) is 0 Å². The highest BCUT2D eigenvalue weighted by molar-refractivity contribution is 5.90. The van der Waals surface area contributed by atoms with Gasteiger partial charge in [0.05, 0.1) is 11.1 Å². The molecule has 5 heteroatoms. The van der Waals surface area contributed by atoms with E-state index in [1.54, 1.807) is 0 Å². The lowest BCUT2D eigenvalue weighted by Crippen LogP contribution is -2.62. The maximum atomic E-state index is 12.8. The Morgan fingerprint density at radius 2 is 1.52 bits per heavy atom. The molecule has 5 rings (SSSR count). The van der Waals surface area contributed by atoms with E-state index < -0.39 is 0 Å². The lowest BCUT2D eigenvalue weighted by molar-refractivity contribution is -0.183. The molecule has 31 heavy (non-hydrogen) atoms. The van der Waals surface area contributed by atoms with Gasteiger partial charge in [-0.05, 0) is 105 Å². The van der Waals surface area contributed by atoms with Gasteiger partial charge in [-0.3, -0.25) is 10.0 Å². The highest BCUT2D eigenvalue weighted by Gasteiger charge is 2.66. The zero-order chi connectivity index (χ0) is 22.2. The molecule has 174 valence electrons. The summed E-state index contributed by atoms with van der Waals surface area (Å²) in [5.74, 6) is 2.96. The van der Waals surface area contributed by atoms with E-state index in [0.29, 0.717) is 28.6 Å². The normalized spacial score (nSPS) is 51.9. The van der Waals surface area contributed by atoms with Crippen LogP contribution in [-0.4, -0.2) is 22.0 Å². The standard InChI is InChI=1S/C26H42N2O3/c1-23(2)20-10-9-16-17(25(20,4)13-11-21(23)27-30)7-8-18-19-6-5-12-26(19,22(29)28-31)15-14-24(16,18)3/h16-20,30-31H,5-15H2,1-4H3,(H,28,29)/b27-21-/t16?,17?,18?,19?,20?,24-,25?,26?/m0/s1. The van der Waals surface area contributed by atoms with E-state index in [1.165, 1.54) is 25.7 Å². The van der Waals surface area contributed by atoms with Crippen LogP contribution in [0.1, 0.15) is 98.3 Å². The summed E-state index contributed by atoms with van der Waals surface area (Å²) in [5.41, 5.74) is 3.30. The zero-order valence-electron chi connectivity index (χ0n) is 19.9. The van der Waals surface area contributed by atoms with E-state index in [2.05, 4.69) is 38.3 Å². The zero-order valence-corrected chi connectivity index (χ0v) is 19.9. The summed E-state index contributed by atoms with van der Waals surface area (Å²) >= 11 is 0. The Labute approximate surface area is 187 Å². The van der Waals surface area contributed by atoms with Crippen LogP contribution in [0.15, 0.2) is 5.16 Å². The molecule has 0 aromatic carbocycles. The number of hydroxylamine groups is 1. The van der Waals surface area contributed by atoms with Crippen LogP contribution >= 0.6 is 0 Å². The first-order valence-electron chi connectivity index (χ1n) is 12.8. The van der Waals surface area contributed by atoms with Crippen LogP contribution < -0.4 is 5.48 Å². The van der Waals surface area contributed by atoms with Crippen LogP contribution in [0.2, 0.25) is 0 Å². The first kappa shape index (κ1) is 21.7. The third kappa shape index (κ3) is 2.65. The number of rotatable bonds is 1. The molecule has 0 heterocycles. The van der Waals surface area contributed by atoms with Crippen molar-refractivity contribution in [1.29, 1.82) is 0 Å². The fourth-order valence-electron chi connectivity index (χ4n) is 10.5. The molecule has 0 saturated heterocycles. The number of fused-ring (bicyclic) bond motifs is 7. The first-order chi connectivity index (χ1) is 14.6. The SMILES string of the molecule is CC1(C)/C(=N\O)CCC2(C)C3CCC4C5CCCC5(C(=O)NO)CC[C@@]4(C)C3CCC12. The van der Waals surface area contributed by atoms with Gasteiger partial charge >= 0.3 is 0 Å². The molecule has 3 N–H and O–H groups in total. The maximum absolute atomic E-state index is 12.8. The molecule has 7 unspecified atom stereocenters. The summed E-state index contributed by atoms with van der Waals surface area (Å²) in [6, 6.07) is 0. The number of carbonyl (C=O) groups excluding carboxylic acids is 1. The van der Waals surface area contributed by atoms with Gasteiger partial charge in [0, 0.05) is 5.41 Å². The molecule has 0 aliphatic heterocycles. The Morgan fingerprint density at radius 1 is 0.871 bits per heavy atom. The Bertz CT molecular complexity index is 794. The highest BCUT2D eigenvalue weighted by Crippen LogP contribution is 2.72. The molecule has 0 bridgehead atoms. The van der Waals surface area contributed by atoms with Crippen LogP contribution in [-0.2, 0) is 4.79 Å². The van der Waals surface area contributed by atoms with Crippen molar-refractivity contribution < 1.29 is 15.2 Å². The fourth-order valence-corrected chi connectivity index (χ4v) is 10.5. The Balaban J connectivity index is 1.47. The third-order valence-electron chi connectivity index (χ3n) is 12.0. The summed E-state index contributed by atoms with van der Waals surface area (Å²) in [4.78, 5) is 12.8. The summed E-state index contributed by atoms with van der Waals surface area (Å²) in [5, 5.41) is 22.9. The first-order valence-corrected chi connectivity index (χ1v) is 12.8. The fraction of sp³-hybridized carbons (Fsp3) is 0.923. The number of nitrogens with zero attached hydrogens (tertiary/aromatic N) is 1. The average molecular weight is 431 g/mol. The van der Waals surface area contributed by atoms with Crippen molar-refractivity contribution in [2.24, 2.45) is 56.4 Å². The Kier molecular flexibility index (Phi) is 4.87. The molecule has 8 atom stereocenters. The van der Waals surface area contributed by atoms with Gasteiger partial charge in [0.25, 0.3) is 0 Å². The van der Waals surface area contributed by atoms with E-state index in [9.17, 15) is 15.2 Å². The van der Waals surface area contributed by atoms with Crippen molar-refractivity contribution in [2.75, 3.05) is 0 Å². The minimum Gasteiger partial charge on any atom is -0.411 e. The molecule has 1 amide bonds. The minimum atomic E-state index is -0.327. The number of hydrogen-bond acceptors (Lipinski definition) is 4. The quantitative estimate of drug-likeness (QED) is 0.280. The third-order valence-corrected chi connectivity index (χ3v) is 12.0.